The minimum atomic E-state index is 0.664. The Bertz CT molecular complexity index is 895. The minimum Gasteiger partial charge on any atom is -0.313 e. The number of hydrogen-bond acceptors (Lipinski definition) is 2. The van der Waals surface area contributed by atoms with Gasteiger partial charge in [0, 0.05) is 31.1 Å². The lowest BCUT2D eigenvalue weighted by atomic mass is 9.99. The number of rotatable bonds is 8. The van der Waals surface area contributed by atoms with E-state index in [1.807, 2.05) is 0 Å². The van der Waals surface area contributed by atoms with Crippen molar-refractivity contribution in [1.82, 2.24) is 10.6 Å². The molecular formula is C26H28N2. The van der Waals surface area contributed by atoms with Crippen LogP contribution in [0, 0.1) is 0 Å². The van der Waals surface area contributed by atoms with E-state index in [9.17, 15) is 0 Å². The predicted octanol–water partition coefficient (Wildman–Crippen LogP) is 5.22. The first-order valence-corrected chi connectivity index (χ1v) is 10.6. The van der Waals surface area contributed by atoms with Crippen molar-refractivity contribution in [2.75, 3.05) is 13.1 Å². The third kappa shape index (κ3) is 4.19. The summed E-state index contributed by atoms with van der Waals surface area (Å²) >= 11 is 0. The highest BCUT2D eigenvalue weighted by atomic mass is 15.0. The molecule has 0 saturated heterocycles. The van der Waals surface area contributed by atoms with Gasteiger partial charge in [-0.25, -0.2) is 0 Å². The molecule has 2 atom stereocenters. The van der Waals surface area contributed by atoms with Crippen molar-refractivity contribution in [3.05, 3.63) is 84.4 Å². The van der Waals surface area contributed by atoms with Gasteiger partial charge in [0.25, 0.3) is 0 Å². The Morgan fingerprint density at radius 1 is 0.607 bits per heavy atom. The van der Waals surface area contributed by atoms with Gasteiger partial charge in [0.2, 0.25) is 0 Å². The SMILES string of the molecule is c1ccc(-c2ccc(-c3ccc([C@@H]4C[C@H]4NCCNC4CC4)cc3)cc2)cc1. The minimum absolute atomic E-state index is 0.664. The summed E-state index contributed by atoms with van der Waals surface area (Å²) in [5, 5.41) is 7.27. The first kappa shape index (κ1) is 17.7. The summed E-state index contributed by atoms with van der Waals surface area (Å²) in [5.41, 5.74) is 6.58. The molecule has 142 valence electrons. The van der Waals surface area contributed by atoms with Gasteiger partial charge in [-0.2, -0.15) is 0 Å². The molecule has 5 rings (SSSR count). The van der Waals surface area contributed by atoms with Crippen LogP contribution in [0.5, 0.6) is 0 Å². The van der Waals surface area contributed by atoms with Gasteiger partial charge in [0.1, 0.15) is 0 Å². The van der Waals surface area contributed by atoms with Crippen molar-refractivity contribution >= 4 is 0 Å². The summed E-state index contributed by atoms with van der Waals surface area (Å²) in [5.74, 6) is 0.690. The molecule has 3 aromatic carbocycles. The van der Waals surface area contributed by atoms with E-state index < -0.39 is 0 Å². The summed E-state index contributed by atoms with van der Waals surface area (Å²) in [6.07, 6.45) is 4.01. The maximum absolute atomic E-state index is 3.69. The lowest BCUT2D eigenvalue weighted by Crippen LogP contribution is -2.30. The predicted molar refractivity (Wildman–Crippen MR) is 117 cm³/mol. The summed E-state index contributed by atoms with van der Waals surface area (Å²) in [7, 11) is 0. The van der Waals surface area contributed by atoms with E-state index in [2.05, 4.69) is 89.5 Å². The number of nitrogens with one attached hydrogen (secondary N) is 2. The Kier molecular flexibility index (Phi) is 4.99. The van der Waals surface area contributed by atoms with Gasteiger partial charge in [-0.05, 0) is 47.1 Å². The van der Waals surface area contributed by atoms with Gasteiger partial charge in [0.05, 0.1) is 0 Å². The van der Waals surface area contributed by atoms with Gasteiger partial charge in [-0.15, -0.1) is 0 Å². The van der Waals surface area contributed by atoms with Gasteiger partial charge in [-0.3, -0.25) is 0 Å². The Labute approximate surface area is 168 Å². The largest absolute Gasteiger partial charge is 0.313 e. The molecule has 2 heteroatoms. The molecule has 2 nitrogen and oxygen atoms in total. The molecule has 0 bridgehead atoms. The Balaban J connectivity index is 1.17. The highest BCUT2D eigenvalue weighted by Crippen LogP contribution is 2.41. The molecule has 0 amide bonds. The van der Waals surface area contributed by atoms with Crippen molar-refractivity contribution in [1.29, 1.82) is 0 Å². The van der Waals surface area contributed by atoms with Crippen molar-refractivity contribution in [2.45, 2.75) is 37.3 Å². The van der Waals surface area contributed by atoms with Crippen molar-refractivity contribution < 1.29 is 0 Å². The Hall–Kier alpha value is -2.42. The van der Waals surface area contributed by atoms with Crippen LogP contribution in [0.4, 0.5) is 0 Å². The second-order valence-electron chi connectivity index (χ2n) is 8.20. The fraction of sp³-hybridized carbons (Fsp3) is 0.308. The highest BCUT2D eigenvalue weighted by molar-refractivity contribution is 5.70. The zero-order valence-electron chi connectivity index (χ0n) is 16.3. The molecule has 0 aliphatic heterocycles. The summed E-state index contributed by atoms with van der Waals surface area (Å²) in [4.78, 5) is 0. The third-order valence-corrected chi connectivity index (χ3v) is 6.00. The number of hydrogen-bond donors (Lipinski definition) is 2. The van der Waals surface area contributed by atoms with Crippen molar-refractivity contribution in [2.24, 2.45) is 0 Å². The zero-order valence-corrected chi connectivity index (χ0v) is 16.3. The zero-order chi connectivity index (χ0) is 18.8. The molecular weight excluding hydrogens is 340 g/mol. The highest BCUT2D eigenvalue weighted by Gasteiger charge is 2.37. The van der Waals surface area contributed by atoms with Crippen LogP contribution >= 0.6 is 0 Å². The summed E-state index contributed by atoms with van der Waals surface area (Å²) in [6.45, 7) is 2.19. The third-order valence-electron chi connectivity index (χ3n) is 6.00. The first-order valence-electron chi connectivity index (χ1n) is 10.6. The molecule has 2 aliphatic rings. The molecule has 2 saturated carbocycles. The summed E-state index contributed by atoms with van der Waals surface area (Å²) < 4.78 is 0. The topological polar surface area (TPSA) is 24.1 Å². The van der Waals surface area contributed by atoms with E-state index in [0.717, 1.165) is 19.1 Å². The van der Waals surface area contributed by atoms with Crippen LogP contribution in [-0.4, -0.2) is 25.2 Å². The lowest BCUT2D eigenvalue weighted by Gasteiger charge is -2.08. The molecule has 0 heterocycles. The Morgan fingerprint density at radius 2 is 1.14 bits per heavy atom. The van der Waals surface area contributed by atoms with Gasteiger partial charge >= 0.3 is 0 Å². The van der Waals surface area contributed by atoms with E-state index in [1.165, 1.54) is 47.1 Å². The molecule has 2 N–H and O–H groups in total. The normalized spacial score (nSPS) is 20.9. The van der Waals surface area contributed by atoms with Crippen LogP contribution in [0.15, 0.2) is 78.9 Å². The van der Waals surface area contributed by atoms with Crippen molar-refractivity contribution in [3.8, 4) is 22.3 Å². The van der Waals surface area contributed by atoms with Gasteiger partial charge < -0.3 is 10.6 Å². The van der Waals surface area contributed by atoms with Crippen LogP contribution in [0.1, 0.15) is 30.7 Å². The second kappa shape index (κ2) is 7.90. The van der Waals surface area contributed by atoms with Gasteiger partial charge in [-0.1, -0.05) is 78.9 Å². The van der Waals surface area contributed by atoms with Crippen LogP contribution in [0.3, 0.4) is 0 Å². The molecule has 2 fully saturated rings. The maximum Gasteiger partial charge on any atom is 0.0143 e. The molecule has 2 aliphatic carbocycles. The average molecular weight is 369 g/mol. The Morgan fingerprint density at radius 3 is 1.75 bits per heavy atom. The van der Waals surface area contributed by atoms with Crippen LogP contribution < -0.4 is 10.6 Å². The molecule has 0 aromatic heterocycles. The molecule has 3 aromatic rings. The standard InChI is InChI=1S/C26H28N2/c1-2-4-19(5-3-1)20-6-8-21(9-7-20)22-10-12-23(13-11-22)25-18-26(25)28-17-16-27-24-14-15-24/h1-13,24-28H,14-18H2/t25-,26+/m0/s1. The maximum atomic E-state index is 3.69. The molecule has 28 heavy (non-hydrogen) atoms. The summed E-state index contributed by atoms with van der Waals surface area (Å²) in [6, 6.07) is 30.1. The van der Waals surface area contributed by atoms with Gasteiger partial charge in [0.15, 0.2) is 0 Å². The molecule has 0 spiro atoms. The van der Waals surface area contributed by atoms with E-state index in [0.29, 0.717) is 12.0 Å². The number of benzene rings is 3. The monoisotopic (exact) mass is 368 g/mol. The van der Waals surface area contributed by atoms with Crippen LogP contribution in [0.2, 0.25) is 0 Å². The second-order valence-corrected chi connectivity index (χ2v) is 8.20. The average Bonchev–Trinajstić information content (AvgIpc) is 3.68. The van der Waals surface area contributed by atoms with E-state index in [4.69, 9.17) is 0 Å². The van der Waals surface area contributed by atoms with E-state index >= 15 is 0 Å². The van der Waals surface area contributed by atoms with E-state index in [-0.39, 0.29) is 0 Å². The van der Waals surface area contributed by atoms with Crippen molar-refractivity contribution in [3.63, 3.8) is 0 Å². The van der Waals surface area contributed by atoms with Crippen LogP contribution in [0.25, 0.3) is 22.3 Å². The van der Waals surface area contributed by atoms with Crippen LogP contribution in [-0.2, 0) is 0 Å². The molecule has 0 radical (unpaired) electrons. The smallest absolute Gasteiger partial charge is 0.0143 e. The molecule has 0 unspecified atom stereocenters. The fourth-order valence-corrected chi connectivity index (χ4v) is 4.02. The van der Waals surface area contributed by atoms with E-state index in [1.54, 1.807) is 0 Å². The fourth-order valence-electron chi connectivity index (χ4n) is 4.02. The first-order chi connectivity index (χ1) is 13.9. The quantitative estimate of drug-likeness (QED) is 0.533. The lowest BCUT2D eigenvalue weighted by molar-refractivity contribution is 0.600.